The number of halogens is 1. The average molecular weight is 323 g/mol. The zero-order chi connectivity index (χ0) is 15.7. The third-order valence-electron chi connectivity index (χ3n) is 8.96. The van der Waals surface area contributed by atoms with Crippen LogP contribution in [0, 0.1) is 40.4 Å². The minimum Gasteiger partial charge on any atom is -0.298 e. The summed E-state index contributed by atoms with van der Waals surface area (Å²) >= 11 is 6.42. The molecule has 0 bridgehead atoms. The number of Topliss-reactive ketones (excluding diaryl/α,β-unsaturated/α-hetero) is 1. The first kappa shape index (κ1) is 15.5. The van der Waals surface area contributed by atoms with Gasteiger partial charge in [0, 0.05) is 6.42 Å². The monoisotopic (exact) mass is 322 g/mol. The predicted octanol–water partition coefficient (Wildman–Crippen LogP) is 5.45. The van der Waals surface area contributed by atoms with Gasteiger partial charge >= 0.3 is 0 Å². The molecule has 4 aliphatic carbocycles. The van der Waals surface area contributed by atoms with Crippen LogP contribution in [0.5, 0.6) is 0 Å². The van der Waals surface area contributed by atoms with Gasteiger partial charge in [0.15, 0.2) is 5.78 Å². The first-order valence-corrected chi connectivity index (χ1v) is 9.96. The highest BCUT2D eigenvalue weighted by Crippen LogP contribution is 2.67. The van der Waals surface area contributed by atoms with E-state index in [0.29, 0.717) is 22.5 Å². The first-order valence-electron chi connectivity index (χ1n) is 9.53. The molecule has 2 heteroatoms. The van der Waals surface area contributed by atoms with E-state index in [1.807, 2.05) is 0 Å². The van der Waals surface area contributed by atoms with Crippen LogP contribution in [0.15, 0.2) is 0 Å². The van der Waals surface area contributed by atoms with Gasteiger partial charge < -0.3 is 0 Å². The first-order chi connectivity index (χ1) is 10.4. The molecule has 0 spiro atoms. The molecule has 1 nitrogen and oxygen atoms in total. The molecule has 0 heterocycles. The van der Waals surface area contributed by atoms with E-state index in [-0.39, 0.29) is 5.38 Å². The van der Waals surface area contributed by atoms with E-state index in [4.69, 9.17) is 11.6 Å². The lowest BCUT2D eigenvalue weighted by Gasteiger charge is -2.60. The van der Waals surface area contributed by atoms with Gasteiger partial charge in [-0.05, 0) is 85.4 Å². The number of carbonyl (C=O) groups is 1. The highest BCUT2D eigenvalue weighted by Gasteiger charge is 2.60. The van der Waals surface area contributed by atoms with Gasteiger partial charge in [0.25, 0.3) is 0 Å². The lowest BCUT2D eigenvalue weighted by atomic mass is 9.45. The second-order valence-electron chi connectivity index (χ2n) is 9.52. The topological polar surface area (TPSA) is 17.1 Å². The van der Waals surface area contributed by atoms with Crippen molar-refractivity contribution in [2.24, 2.45) is 40.4 Å². The molecular weight excluding hydrogens is 292 g/mol. The van der Waals surface area contributed by atoms with Crippen LogP contribution >= 0.6 is 11.6 Å². The molecule has 0 aromatic rings. The largest absolute Gasteiger partial charge is 0.298 e. The highest BCUT2D eigenvalue weighted by molar-refractivity contribution is 6.31. The Balaban J connectivity index is 1.65. The number of rotatable bonds is 0. The van der Waals surface area contributed by atoms with Gasteiger partial charge in [-0.3, -0.25) is 4.79 Å². The van der Waals surface area contributed by atoms with Crippen molar-refractivity contribution in [2.75, 3.05) is 0 Å². The molecule has 0 N–H and O–H groups in total. The number of hydrogen-bond donors (Lipinski definition) is 0. The van der Waals surface area contributed by atoms with Crippen LogP contribution in [-0.4, -0.2) is 11.2 Å². The summed E-state index contributed by atoms with van der Waals surface area (Å²) in [6.45, 7) is 7.55. The highest BCUT2D eigenvalue weighted by atomic mass is 35.5. The molecule has 4 saturated carbocycles. The molecule has 4 aliphatic rings. The van der Waals surface area contributed by atoms with Gasteiger partial charge in [0.2, 0.25) is 0 Å². The van der Waals surface area contributed by atoms with E-state index in [9.17, 15) is 4.79 Å². The number of alkyl halides is 1. The molecule has 0 radical (unpaired) electrons. The Morgan fingerprint density at radius 3 is 2.50 bits per heavy atom. The Kier molecular flexibility index (Phi) is 3.50. The summed E-state index contributed by atoms with van der Waals surface area (Å²) in [5.41, 5.74) is 0.922. The van der Waals surface area contributed by atoms with Crippen LogP contribution in [0.1, 0.15) is 72.1 Å². The van der Waals surface area contributed by atoms with Crippen LogP contribution in [0.2, 0.25) is 0 Å². The van der Waals surface area contributed by atoms with Gasteiger partial charge in [0.1, 0.15) is 0 Å². The van der Waals surface area contributed by atoms with Crippen molar-refractivity contribution in [3.63, 3.8) is 0 Å². The molecule has 0 aromatic heterocycles. The zero-order valence-corrected chi connectivity index (χ0v) is 15.2. The van der Waals surface area contributed by atoms with Gasteiger partial charge in [-0.25, -0.2) is 0 Å². The fraction of sp³-hybridized carbons (Fsp3) is 0.950. The third-order valence-corrected chi connectivity index (χ3v) is 9.35. The van der Waals surface area contributed by atoms with Crippen LogP contribution in [0.25, 0.3) is 0 Å². The SMILES string of the molecule is C[C@H]1CC[C@H]2[C@@H]3CC[C@@H]4CC(=O)[C@H](Cl)C[C@]4(C)[C@H]3CC[C@]12C. The molecule has 0 amide bonds. The van der Waals surface area contributed by atoms with E-state index in [1.54, 1.807) is 0 Å². The second-order valence-corrected chi connectivity index (χ2v) is 10.0. The standard InChI is InChI=1S/C20H31ClO/c1-12-4-7-15-14-6-5-13-10-18(22)17(21)11-20(13,3)16(14)8-9-19(12,15)2/h12-17H,4-11H2,1-3H3/t12-,13+,14-,15-,16-,17+,19+,20-/m0/s1. The van der Waals surface area contributed by atoms with Gasteiger partial charge in [-0.2, -0.15) is 0 Å². The van der Waals surface area contributed by atoms with Crippen LogP contribution in [0.3, 0.4) is 0 Å². The smallest absolute Gasteiger partial charge is 0.150 e. The summed E-state index contributed by atoms with van der Waals surface area (Å²) in [4.78, 5) is 12.1. The van der Waals surface area contributed by atoms with Crippen LogP contribution < -0.4 is 0 Å². The number of carbonyl (C=O) groups excluding carboxylic acids is 1. The predicted molar refractivity (Wildman–Crippen MR) is 90.9 cm³/mol. The third kappa shape index (κ3) is 1.93. The van der Waals surface area contributed by atoms with Crippen molar-refractivity contribution in [1.29, 1.82) is 0 Å². The van der Waals surface area contributed by atoms with Crippen molar-refractivity contribution in [1.82, 2.24) is 0 Å². The number of hydrogen-bond acceptors (Lipinski definition) is 1. The quantitative estimate of drug-likeness (QED) is 0.542. The normalized spacial score (nSPS) is 57.9. The summed E-state index contributed by atoms with van der Waals surface area (Å²) in [6.07, 6.45) is 10.0. The Hall–Kier alpha value is -0.0400. The van der Waals surface area contributed by atoms with Crippen molar-refractivity contribution < 1.29 is 4.79 Å². The van der Waals surface area contributed by atoms with Crippen LogP contribution in [-0.2, 0) is 4.79 Å². The van der Waals surface area contributed by atoms with Crippen molar-refractivity contribution in [2.45, 2.75) is 77.5 Å². The molecular formula is C20H31ClO. The summed E-state index contributed by atoms with van der Waals surface area (Å²) in [6, 6.07) is 0. The van der Waals surface area contributed by atoms with Crippen LogP contribution in [0.4, 0.5) is 0 Å². The average Bonchev–Trinajstić information content (AvgIpc) is 2.77. The van der Waals surface area contributed by atoms with Gasteiger partial charge in [-0.15, -0.1) is 11.6 Å². The maximum absolute atomic E-state index is 12.1. The molecule has 0 unspecified atom stereocenters. The minimum atomic E-state index is -0.212. The molecule has 22 heavy (non-hydrogen) atoms. The maximum Gasteiger partial charge on any atom is 0.150 e. The van der Waals surface area contributed by atoms with E-state index in [0.717, 1.165) is 36.5 Å². The molecule has 0 saturated heterocycles. The van der Waals surface area contributed by atoms with Gasteiger partial charge in [0.05, 0.1) is 5.38 Å². The summed E-state index contributed by atoms with van der Waals surface area (Å²) in [5.74, 6) is 4.49. The molecule has 8 atom stereocenters. The molecule has 4 fully saturated rings. The molecule has 4 rings (SSSR count). The summed E-state index contributed by atoms with van der Waals surface area (Å²) in [5, 5.41) is -0.212. The molecule has 0 aliphatic heterocycles. The zero-order valence-electron chi connectivity index (χ0n) is 14.4. The van der Waals surface area contributed by atoms with E-state index in [1.165, 1.54) is 38.5 Å². The summed E-state index contributed by atoms with van der Waals surface area (Å²) < 4.78 is 0. The Morgan fingerprint density at radius 2 is 1.73 bits per heavy atom. The molecule has 124 valence electrons. The molecule has 0 aromatic carbocycles. The fourth-order valence-corrected chi connectivity index (χ4v) is 7.74. The van der Waals surface area contributed by atoms with Crippen molar-refractivity contribution >= 4 is 17.4 Å². The van der Waals surface area contributed by atoms with E-state index < -0.39 is 0 Å². The van der Waals surface area contributed by atoms with Crippen molar-refractivity contribution in [3.05, 3.63) is 0 Å². The van der Waals surface area contributed by atoms with Gasteiger partial charge in [-0.1, -0.05) is 20.8 Å². The van der Waals surface area contributed by atoms with E-state index >= 15 is 0 Å². The summed E-state index contributed by atoms with van der Waals surface area (Å²) in [7, 11) is 0. The lowest BCUT2D eigenvalue weighted by Crippen LogP contribution is -2.55. The number of ketones is 1. The van der Waals surface area contributed by atoms with Crippen molar-refractivity contribution in [3.8, 4) is 0 Å². The Labute approximate surface area is 140 Å². The fourth-order valence-electron chi connectivity index (χ4n) is 7.32. The number of fused-ring (bicyclic) bond motifs is 5. The second kappa shape index (κ2) is 4.98. The lowest BCUT2D eigenvalue weighted by molar-refractivity contribution is -0.138. The maximum atomic E-state index is 12.1. The Morgan fingerprint density at radius 1 is 1.00 bits per heavy atom. The Bertz CT molecular complexity index is 488. The van der Waals surface area contributed by atoms with E-state index in [2.05, 4.69) is 20.8 Å². The minimum absolute atomic E-state index is 0.212.